The van der Waals surface area contributed by atoms with E-state index in [4.69, 9.17) is 0 Å². The number of aromatic nitrogens is 4. The molecule has 1 N–H and O–H groups in total. The van der Waals surface area contributed by atoms with Crippen molar-refractivity contribution in [3.63, 3.8) is 0 Å². The van der Waals surface area contributed by atoms with E-state index in [0.717, 1.165) is 22.9 Å². The van der Waals surface area contributed by atoms with Crippen LogP contribution in [-0.2, 0) is 6.18 Å². The van der Waals surface area contributed by atoms with Crippen molar-refractivity contribution in [2.24, 2.45) is 5.92 Å². The van der Waals surface area contributed by atoms with E-state index < -0.39 is 30.6 Å². The minimum Gasteiger partial charge on any atom is -0.484 e. The van der Waals surface area contributed by atoms with E-state index in [9.17, 15) is 31.1 Å². The molecular weight excluding hydrogens is 476 g/mol. The van der Waals surface area contributed by atoms with E-state index in [0.29, 0.717) is 23.8 Å². The van der Waals surface area contributed by atoms with Gasteiger partial charge in [0.15, 0.2) is 17.3 Å². The number of carbonyl (C=O) groups excluding carboxylic acids is 1. The van der Waals surface area contributed by atoms with Gasteiger partial charge in [-0.1, -0.05) is 0 Å². The van der Waals surface area contributed by atoms with Gasteiger partial charge in [-0.2, -0.15) is 31.3 Å². The number of hydrogen-bond donors (Lipinski definition) is 1. The van der Waals surface area contributed by atoms with Crippen LogP contribution in [0.15, 0.2) is 29.6 Å². The van der Waals surface area contributed by atoms with Crippen molar-refractivity contribution in [1.29, 1.82) is 0 Å². The van der Waals surface area contributed by atoms with Crippen molar-refractivity contribution in [2.45, 2.75) is 25.2 Å². The Hall–Kier alpha value is -3.16. The van der Waals surface area contributed by atoms with Crippen LogP contribution in [0.5, 0.6) is 5.75 Å². The molecule has 0 radical (unpaired) electrons. The fraction of sp³-hybridized carbons (Fsp3) is 0.368. The second kappa shape index (κ2) is 8.65. The molecule has 33 heavy (non-hydrogen) atoms. The SMILES string of the molecule is O=C(NCC1CC1)c1nc(-c2nc(C(F)(F)F)cs2)nn1-c1ccc(OCC(F)(F)F)cc1. The minimum absolute atomic E-state index is 0.0640. The Morgan fingerprint density at radius 2 is 1.82 bits per heavy atom. The molecule has 4 rings (SSSR count). The lowest BCUT2D eigenvalue weighted by atomic mass is 10.3. The molecule has 14 heteroatoms. The number of carbonyl (C=O) groups is 1. The molecule has 0 bridgehead atoms. The Morgan fingerprint density at radius 3 is 2.39 bits per heavy atom. The molecule has 1 aliphatic rings. The van der Waals surface area contributed by atoms with E-state index in [2.05, 4.69) is 25.1 Å². The number of hydrogen-bond acceptors (Lipinski definition) is 6. The highest BCUT2D eigenvalue weighted by Gasteiger charge is 2.35. The van der Waals surface area contributed by atoms with Gasteiger partial charge in [-0.15, -0.1) is 16.4 Å². The Kier molecular flexibility index (Phi) is 6.03. The molecule has 3 aromatic rings. The molecule has 1 saturated carbocycles. The molecule has 2 aromatic heterocycles. The van der Waals surface area contributed by atoms with Crippen LogP contribution in [0.1, 0.15) is 29.2 Å². The molecule has 0 aliphatic heterocycles. The summed E-state index contributed by atoms with van der Waals surface area (Å²) in [6, 6.07) is 5.20. The first kappa shape index (κ1) is 23.0. The monoisotopic (exact) mass is 491 g/mol. The van der Waals surface area contributed by atoms with Gasteiger partial charge in [0, 0.05) is 11.9 Å². The van der Waals surface area contributed by atoms with Crippen LogP contribution in [0.2, 0.25) is 0 Å². The Bertz CT molecular complexity index is 1130. The van der Waals surface area contributed by atoms with Crippen LogP contribution in [0, 0.1) is 5.92 Å². The zero-order valence-electron chi connectivity index (χ0n) is 16.6. The van der Waals surface area contributed by atoms with E-state index in [1.165, 1.54) is 24.3 Å². The number of nitrogens with zero attached hydrogens (tertiary/aromatic N) is 4. The van der Waals surface area contributed by atoms with Gasteiger partial charge in [0.1, 0.15) is 5.75 Å². The highest BCUT2D eigenvalue weighted by Crippen LogP contribution is 2.33. The molecule has 1 aromatic carbocycles. The summed E-state index contributed by atoms with van der Waals surface area (Å²) in [6.45, 7) is -1.05. The van der Waals surface area contributed by atoms with E-state index in [1.807, 2.05) is 0 Å². The van der Waals surface area contributed by atoms with Crippen LogP contribution in [0.3, 0.4) is 0 Å². The summed E-state index contributed by atoms with van der Waals surface area (Å²) in [7, 11) is 0. The van der Waals surface area contributed by atoms with Gasteiger partial charge in [-0.3, -0.25) is 4.79 Å². The molecule has 1 aliphatic carbocycles. The maximum absolute atomic E-state index is 12.9. The normalized spacial score (nSPS) is 14.4. The number of halogens is 6. The maximum atomic E-state index is 12.9. The van der Waals surface area contributed by atoms with Crippen LogP contribution >= 0.6 is 11.3 Å². The van der Waals surface area contributed by atoms with Gasteiger partial charge in [-0.25, -0.2) is 9.67 Å². The van der Waals surface area contributed by atoms with E-state index in [-0.39, 0.29) is 28.1 Å². The van der Waals surface area contributed by atoms with Crippen molar-refractivity contribution in [2.75, 3.05) is 13.2 Å². The predicted molar refractivity (Wildman–Crippen MR) is 104 cm³/mol. The molecule has 0 spiro atoms. The Balaban J connectivity index is 1.63. The van der Waals surface area contributed by atoms with Crippen molar-refractivity contribution < 1.29 is 35.9 Å². The topological polar surface area (TPSA) is 81.9 Å². The largest absolute Gasteiger partial charge is 0.484 e. The summed E-state index contributed by atoms with van der Waals surface area (Å²) in [5, 5.41) is 7.51. The van der Waals surface area contributed by atoms with Gasteiger partial charge >= 0.3 is 12.4 Å². The summed E-state index contributed by atoms with van der Waals surface area (Å²) < 4.78 is 81.5. The molecule has 0 saturated heterocycles. The lowest BCUT2D eigenvalue weighted by Gasteiger charge is -2.10. The van der Waals surface area contributed by atoms with Gasteiger partial charge in [0.25, 0.3) is 5.91 Å². The molecule has 1 amide bonds. The average molecular weight is 491 g/mol. The van der Waals surface area contributed by atoms with Crippen LogP contribution < -0.4 is 10.1 Å². The van der Waals surface area contributed by atoms with E-state index >= 15 is 0 Å². The Morgan fingerprint density at radius 1 is 1.12 bits per heavy atom. The number of amides is 1. The number of ether oxygens (including phenoxy) is 1. The summed E-state index contributed by atoms with van der Waals surface area (Å²) in [6.07, 6.45) is -7.18. The van der Waals surface area contributed by atoms with Crippen LogP contribution in [-0.4, -0.2) is 45.0 Å². The molecule has 0 atom stereocenters. The zero-order chi connectivity index (χ0) is 23.8. The third-order valence-corrected chi connectivity index (χ3v) is 5.37. The minimum atomic E-state index is -4.64. The lowest BCUT2D eigenvalue weighted by molar-refractivity contribution is -0.153. The molecule has 2 heterocycles. The zero-order valence-corrected chi connectivity index (χ0v) is 17.4. The van der Waals surface area contributed by atoms with Crippen molar-refractivity contribution >= 4 is 17.2 Å². The number of rotatable bonds is 7. The quantitative estimate of drug-likeness (QED) is 0.493. The fourth-order valence-corrected chi connectivity index (χ4v) is 3.48. The van der Waals surface area contributed by atoms with Gasteiger partial charge in [0.2, 0.25) is 11.6 Å². The summed E-state index contributed by atoms with van der Waals surface area (Å²) in [5.41, 5.74) is -0.859. The number of nitrogens with one attached hydrogen (secondary N) is 1. The van der Waals surface area contributed by atoms with Crippen LogP contribution in [0.4, 0.5) is 26.3 Å². The first-order chi connectivity index (χ1) is 15.5. The first-order valence-corrected chi connectivity index (χ1v) is 10.5. The number of benzene rings is 1. The standard InChI is InChI=1S/C19H15F6N5O2S/c20-18(21,22)9-32-12-5-3-11(4-6-12)30-15(16(31)26-7-10-1-2-10)28-14(29-30)17-27-13(8-33-17)19(23,24)25/h3-6,8,10H,1-2,7,9H2,(H,26,31). The van der Waals surface area contributed by atoms with Crippen molar-refractivity contribution in [3.05, 3.63) is 41.2 Å². The maximum Gasteiger partial charge on any atom is 0.434 e. The highest BCUT2D eigenvalue weighted by molar-refractivity contribution is 7.13. The van der Waals surface area contributed by atoms with Gasteiger partial charge < -0.3 is 10.1 Å². The highest BCUT2D eigenvalue weighted by atomic mass is 32.1. The molecule has 7 nitrogen and oxygen atoms in total. The summed E-state index contributed by atoms with van der Waals surface area (Å²) >= 11 is 0.670. The average Bonchev–Trinajstić information content (AvgIpc) is 3.24. The predicted octanol–water partition coefficient (Wildman–Crippen LogP) is 4.49. The molecule has 0 unspecified atom stereocenters. The third-order valence-electron chi connectivity index (χ3n) is 4.53. The molecule has 1 fully saturated rings. The molecular formula is C19H15F6N5O2S. The second-order valence-corrected chi connectivity index (χ2v) is 8.12. The van der Waals surface area contributed by atoms with E-state index in [1.54, 1.807) is 0 Å². The Labute approximate surface area is 186 Å². The summed E-state index contributed by atoms with van der Waals surface area (Å²) in [4.78, 5) is 20.3. The first-order valence-electron chi connectivity index (χ1n) is 9.58. The molecule has 176 valence electrons. The van der Waals surface area contributed by atoms with Crippen molar-refractivity contribution in [1.82, 2.24) is 25.1 Å². The number of thiazole rings is 1. The third kappa shape index (κ3) is 5.80. The smallest absolute Gasteiger partial charge is 0.434 e. The second-order valence-electron chi connectivity index (χ2n) is 7.26. The van der Waals surface area contributed by atoms with Crippen molar-refractivity contribution in [3.8, 4) is 22.3 Å². The number of alkyl halides is 6. The fourth-order valence-electron chi connectivity index (χ4n) is 2.72. The van der Waals surface area contributed by atoms with Gasteiger partial charge in [0.05, 0.1) is 5.69 Å². The van der Waals surface area contributed by atoms with Crippen LogP contribution in [0.25, 0.3) is 16.5 Å². The summed E-state index contributed by atoms with van der Waals surface area (Å²) in [5.74, 6) is -0.678. The van der Waals surface area contributed by atoms with Gasteiger partial charge in [-0.05, 0) is 43.0 Å². The lowest BCUT2D eigenvalue weighted by Crippen LogP contribution is -2.28.